The standard InChI is InChI=1S/C11H20N2O4S/c1-11(6-17-5-8(11)12)10(16)13-7(9(14)15)3-4-18-2/h7-8H,3-6,12H2,1-2H3,(H,13,16)(H,14,15)/t7-,8?,11?/m1/s1. The van der Waals surface area contributed by atoms with Crippen LogP contribution in [0, 0.1) is 5.41 Å². The summed E-state index contributed by atoms with van der Waals surface area (Å²) in [5.41, 5.74) is 4.99. The summed E-state index contributed by atoms with van der Waals surface area (Å²) >= 11 is 1.54. The Labute approximate surface area is 111 Å². The number of carboxylic acids is 1. The summed E-state index contributed by atoms with van der Waals surface area (Å²) < 4.78 is 5.18. The third-order valence-electron chi connectivity index (χ3n) is 3.25. The van der Waals surface area contributed by atoms with Crippen LogP contribution in [0.25, 0.3) is 0 Å². The minimum Gasteiger partial charge on any atom is -0.480 e. The van der Waals surface area contributed by atoms with Crippen LogP contribution in [-0.4, -0.2) is 54.3 Å². The van der Waals surface area contributed by atoms with E-state index in [0.29, 0.717) is 18.8 Å². The molecule has 2 unspecified atom stereocenters. The fourth-order valence-corrected chi connectivity index (χ4v) is 2.21. The summed E-state index contributed by atoms with van der Waals surface area (Å²) in [6, 6.07) is -1.26. The molecule has 0 bridgehead atoms. The first-order chi connectivity index (χ1) is 8.41. The molecular weight excluding hydrogens is 256 g/mol. The maximum atomic E-state index is 12.1. The van der Waals surface area contributed by atoms with Gasteiger partial charge >= 0.3 is 5.97 Å². The van der Waals surface area contributed by atoms with Crippen LogP contribution in [0.5, 0.6) is 0 Å². The first-order valence-corrected chi connectivity index (χ1v) is 7.17. The lowest BCUT2D eigenvalue weighted by Crippen LogP contribution is -2.54. The van der Waals surface area contributed by atoms with Crippen LogP contribution in [0.3, 0.4) is 0 Å². The first kappa shape index (κ1) is 15.3. The van der Waals surface area contributed by atoms with Crippen molar-refractivity contribution < 1.29 is 19.4 Å². The molecule has 0 radical (unpaired) electrons. The van der Waals surface area contributed by atoms with Gasteiger partial charge in [-0.15, -0.1) is 0 Å². The highest BCUT2D eigenvalue weighted by Crippen LogP contribution is 2.27. The summed E-state index contributed by atoms with van der Waals surface area (Å²) in [7, 11) is 0. The van der Waals surface area contributed by atoms with Crippen LogP contribution >= 0.6 is 11.8 Å². The van der Waals surface area contributed by atoms with E-state index in [0.717, 1.165) is 0 Å². The Morgan fingerprint density at radius 1 is 1.67 bits per heavy atom. The van der Waals surface area contributed by atoms with E-state index >= 15 is 0 Å². The molecule has 104 valence electrons. The van der Waals surface area contributed by atoms with Gasteiger partial charge in [0.15, 0.2) is 0 Å². The predicted octanol–water partition coefficient (Wildman–Crippen LogP) is -0.327. The number of thioether (sulfide) groups is 1. The number of rotatable bonds is 6. The molecule has 1 fully saturated rings. The quantitative estimate of drug-likeness (QED) is 0.614. The number of hydrogen-bond donors (Lipinski definition) is 3. The topological polar surface area (TPSA) is 102 Å². The Morgan fingerprint density at radius 2 is 2.33 bits per heavy atom. The van der Waals surface area contributed by atoms with Gasteiger partial charge in [0.2, 0.25) is 5.91 Å². The zero-order valence-electron chi connectivity index (χ0n) is 10.6. The maximum absolute atomic E-state index is 12.1. The zero-order valence-corrected chi connectivity index (χ0v) is 11.5. The second-order valence-electron chi connectivity index (χ2n) is 4.68. The number of carbonyl (C=O) groups is 2. The van der Waals surface area contributed by atoms with Gasteiger partial charge < -0.3 is 20.9 Å². The van der Waals surface area contributed by atoms with Crippen molar-refractivity contribution in [2.24, 2.45) is 11.1 Å². The van der Waals surface area contributed by atoms with E-state index in [9.17, 15) is 9.59 Å². The molecule has 0 spiro atoms. The fraction of sp³-hybridized carbons (Fsp3) is 0.818. The first-order valence-electron chi connectivity index (χ1n) is 5.78. The van der Waals surface area contributed by atoms with Gasteiger partial charge in [-0.1, -0.05) is 0 Å². The van der Waals surface area contributed by atoms with Gasteiger partial charge in [0.05, 0.1) is 18.6 Å². The molecule has 0 aromatic heterocycles. The molecule has 4 N–H and O–H groups in total. The monoisotopic (exact) mass is 276 g/mol. The smallest absolute Gasteiger partial charge is 0.326 e. The molecule has 1 aliphatic rings. The van der Waals surface area contributed by atoms with Crippen molar-refractivity contribution in [1.29, 1.82) is 0 Å². The van der Waals surface area contributed by atoms with Crippen molar-refractivity contribution in [2.75, 3.05) is 25.2 Å². The molecule has 6 nitrogen and oxygen atoms in total. The number of nitrogens with two attached hydrogens (primary N) is 1. The molecule has 3 atom stereocenters. The molecule has 1 rings (SSSR count). The molecule has 1 amide bonds. The van der Waals surface area contributed by atoms with Gasteiger partial charge in [0, 0.05) is 6.04 Å². The van der Waals surface area contributed by atoms with E-state index in [-0.39, 0.29) is 12.5 Å². The van der Waals surface area contributed by atoms with E-state index in [2.05, 4.69) is 5.32 Å². The summed E-state index contributed by atoms with van der Waals surface area (Å²) in [5.74, 6) is -0.689. The Bertz CT molecular complexity index is 326. The number of carboxylic acid groups (broad SMARTS) is 1. The minimum atomic E-state index is -1.02. The summed E-state index contributed by atoms with van der Waals surface area (Å²) in [6.07, 6.45) is 2.29. The van der Waals surface area contributed by atoms with Crippen LogP contribution in [0.1, 0.15) is 13.3 Å². The highest BCUT2D eigenvalue weighted by atomic mass is 32.2. The minimum absolute atomic E-state index is 0.231. The van der Waals surface area contributed by atoms with Crippen molar-refractivity contribution in [3.05, 3.63) is 0 Å². The van der Waals surface area contributed by atoms with Gasteiger partial charge in [0.1, 0.15) is 6.04 Å². The number of amides is 1. The summed E-state index contributed by atoms with van der Waals surface area (Å²) in [6.45, 7) is 2.26. The summed E-state index contributed by atoms with van der Waals surface area (Å²) in [4.78, 5) is 23.2. The van der Waals surface area contributed by atoms with Crippen LogP contribution < -0.4 is 11.1 Å². The van der Waals surface area contributed by atoms with E-state index in [1.54, 1.807) is 18.7 Å². The summed E-state index contributed by atoms with van der Waals surface area (Å²) in [5, 5.41) is 11.6. The van der Waals surface area contributed by atoms with Crippen LogP contribution in [-0.2, 0) is 14.3 Å². The number of ether oxygens (including phenoxy) is 1. The van der Waals surface area contributed by atoms with Gasteiger partial charge in [-0.2, -0.15) is 11.8 Å². The largest absolute Gasteiger partial charge is 0.480 e. The molecule has 7 heteroatoms. The second-order valence-corrected chi connectivity index (χ2v) is 5.67. The van der Waals surface area contributed by atoms with Crippen molar-refractivity contribution in [2.45, 2.75) is 25.4 Å². The number of carbonyl (C=O) groups excluding carboxylic acids is 1. The van der Waals surface area contributed by atoms with Crippen LogP contribution in [0.15, 0.2) is 0 Å². The van der Waals surface area contributed by atoms with E-state index in [1.807, 2.05) is 6.26 Å². The molecule has 18 heavy (non-hydrogen) atoms. The lowest BCUT2D eigenvalue weighted by atomic mass is 9.84. The average molecular weight is 276 g/mol. The lowest BCUT2D eigenvalue weighted by Gasteiger charge is -2.27. The molecule has 1 aliphatic heterocycles. The SMILES string of the molecule is CSCC[C@@H](NC(=O)C1(C)COCC1N)C(=O)O. The van der Waals surface area contributed by atoms with E-state index < -0.39 is 23.5 Å². The lowest BCUT2D eigenvalue weighted by molar-refractivity contribution is -0.143. The molecule has 0 saturated carbocycles. The van der Waals surface area contributed by atoms with Crippen LogP contribution in [0.2, 0.25) is 0 Å². The Morgan fingerprint density at radius 3 is 2.78 bits per heavy atom. The van der Waals surface area contributed by atoms with Crippen molar-refractivity contribution >= 4 is 23.6 Å². The highest BCUT2D eigenvalue weighted by molar-refractivity contribution is 7.98. The third kappa shape index (κ3) is 3.37. The van der Waals surface area contributed by atoms with E-state index in [1.165, 1.54) is 0 Å². The highest BCUT2D eigenvalue weighted by Gasteiger charge is 2.45. The van der Waals surface area contributed by atoms with Gasteiger partial charge in [0.25, 0.3) is 0 Å². The van der Waals surface area contributed by atoms with Gasteiger partial charge in [-0.05, 0) is 25.4 Å². The van der Waals surface area contributed by atoms with E-state index in [4.69, 9.17) is 15.6 Å². The maximum Gasteiger partial charge on any atom is 0.326 e. The molecule has 0 aromatic carbocycles. The molecule has 1 saturated heterocycles. The van der Waals surface area contributed by atoms with Gasteiger partial charge in [-0.3, -0.25) is 4.79 Å². The molecule has 0 aromatic rings. The number of nitrogens with one attached hydrogen (secondary N) is 1. The predicted molar refractivity (Wildman–Crippen MR) is 69.5 cm³/mol. The number of aliphatic carboxylic acids is 1. The molecule has 0 aliphatic carbocycles. The Hall–Kier alpha value is -0.790. The Balaban J connectivity index is 2.63. The second kappa shape index (κ2) is 6.40. The number of hydrogen-bond acceptors (Lipinski definition) is 5. The molecule has 1 heterocycles. The molecular formula is C11H20N2O4S. The van der Waals surface area contributed by atoms with Gasteiger partial charge in [-0.25, -0.2) is 4.79 Å². The van der Waals surface area contributed by atoms with Crippen molar-refractivity contribution in [1.82, 2.24) is 5.32 Å². The average Bonchev–Trinajstić information content (AvgIpc) is 2.65. The van der Waals surface area contributed by atoms with Crippen molar-refractivity contribution in [3.8, 4) is 0 Å². The van der Waals surface area contributed by atoms with Crippen LogP contribution in [0.4, 0.5) is 0 Å². The normalized spacial score (nSPS) is 28.9. The zero-order chi connectivity index (χ0) is 13.8. The Kier molecular flexibility index (Phi) is 5.43. The van der Waals surface area contributed by atoms with Crippen molar-refractivity contribution in [3.63, 3.8) is 0 Å². The fourth-order valence-electron chi connectivity index (χ4n) is 1.74. The third-order valence-corrected chi connectivity index (χ3v) is 3.89.